The minimum absolute atomic E-state index is 0.580. The molecule has 0 atom stereocenters. The van der Waals surface area contributed by atoms with Crippen LogP contribution in [0.5, 0.6) is 0 Å². The second kappa shape index (κ2) is 11.7. The summed E-state index contributed by atoms with van der Waals surface area (Å²) in [6.45, 7) is 0. The highest BCUT2D eigenvalue weighted by Gasteiger charge is 2.20. The Balaban J connectivity index is 1.07. The summed E-state index contributed by atoms with van der Waals surface area (Å²) in [6, 6.07) is 64.1. The second-order valence-electron chi connectivity index (χ2n) is 13.6. The Morgan fingerprint density at radius 2 is 1.00 bits per heavy atom. The molecular weight excluding hydrogens is 649 g/mol. The van der Waals surface area contributed by atoms with Gasteiger partial charge in [0.2, 0.25) is 5.89 Å². The number of furan rings is 1. The van der Waals surface area contributed by atoms with E-state index in [-0.39, 0.29) is 0 Å². The topological polar surface area (TPSA) is 42.4 Å². The lowest BCUT2D eigenvalue weighted by Gasteiger charge is -2.26. The van der Waals surface area contributed by atoms with Crippen LogP contribution >= 0.6 is 0 Å². The standard InChI is InChI=1S/C49H30N2O2/c1-3-11-33-25-38(20-19-31(33)9-1)35-15-7-16-39(27-35)51(40-22-21-32-10-2-4-12-34(32)26-40)41-23-24-42-46(30-41)52-45-18-8-17-43(48(42)45)49-50-44-28-36-13-5-6-14-37(36)29-47(44)53-49/h1-30H. The van der Waals surface area contributed by atoms with Crippen LogP contribution in [0.3, 0.4) is 0 Å². The van der Waals surface area contributed by atoms with Crippen molar-refractivity contribution in [2.75, 3.05) is 4.90 Å². The molecule has 0 amide bonds. The maximum absolute atomic E-state index is 6.62. The minimum atomic E-state index is 0.580. The van der Waals surface area contributed by atoms with E-state index in [1.54, 1.807) is 0 Å². The third kappa shape index (κ3) is 4.95. The van der Waals surface area contributed by atoms with Crippen molar-refractivity contribution in [3.05, 3.63) is 182 Å². The molecule has 0 aliphatic carbocycles. The lowest BCUT2D eigenvalue weighted by Crippen LogP contribution is -2.10. The van der Waals surface area contributed by atoms with Crippen LogP contribution in [0.25, 0.3) is 87.9 Å². The predicted octanol–water partition coefficient (Wildman–Crippen LogP) is 14.0. The van der Waals surface area contributed by atoms with Crippen molar-refractivity contribution in [1.29, 1.82) is 0 Å². The number of aromatic nitrogens is 1. The predicted molar refractivity (Wildman–Crippen MR) is 219 cm³/mol. The van der Waals surface area contributed by atoms with Gasteiger partial charge in [-0.25, -0.2) is 4.98 Å². The van der Waals surface area contributed by atoms with Crippen LogP contribution in [0.2, 0.25) is 0 Å². The summed E-state index contributed by atoms with van der Waals surface area (Å²) in [5.74, 6) is 0.580. The van der Waals surface area contributed by atoms with Crippen LogP contribution in [-0.2, 0) is 0 Å². The Bertz CT molecular complexity index is 3150. The maximum Gasteiger partial charge on any atom is 0.228 e. The lowest BCUT2D eigenvalue weighted by atomic mass is 10.00. The minimum Gasteiger partial charge on any atom is -0.456 e. The fraction of sp³-hybridized carbons (Fsp3) is 0. The van der Waals surface area contributed by atoms with Crippen molar-refractivity contribution >= 4 is 82.4 Å². The zero-order chi connectivity index (χ0) is 34.9. The number of oxazole rings is 1. The second-order valence-corrected chi connectivity index (χ2v) is 13.6. The van der Waals surface area contributed by atoms with E-state index in [0.29, 0.717) is 5.89 Å². The Morgan fingerprint density at radius 3 is 1.81 bits per heavy atom. The van der Waals surface area contributed by atoms with Crippen molar-refractivity contribution in [1.82, 2.24) is 4.98 Å². The van der Waals surface area contributed by atoms with E-state index in [9.17, 15) is 0 Å². The zero-order valence-corrected chi connectivity index (χ0v) is 28.5. The first-order valence-electron chi connectivity index (χ1n) is 17.9. The summed E-state index contributed by atoms with van der Waals surface area (Å²) in [7, 11) is 0. The highest BCUT2D eigenvalue weighted by Crippen LogP contribution is 2.43. The number of rotatable bonds is 5. The van der Waals surface area contributed by atoms with Gasteiger partial charge in [-0.15, -0.1) is 0 Å². The van der Waals surface area contributed by atoms with E-state index in [1.165, 1.54) is 27.1 Å². The van der Waals surface area contributed by atoms with Crippen LogP contribution in [-0.4, -0.2) is 4.98 Å². The largest absolute Gasteiger partial charge is 0.456 e. The number of hydrogen-bond donors (Lipinski definition) is 0. The molecule has 0 unspecified atom stereocenters. The molecule has 0 N–H and O–H groups in total. The lowest BCUT2D eigenvalue weighted by molar-refractivity contribution is 0.620. The van der Waals surface area contributed by atoms with Crippen molar-refractivity contribution < 1.29 is 8.83 Å². The number of benzene rings is 9. The molecule has 9 aromatic carbocycles. The smallest absolute Gasteiger partial charge is 0.228 e. The average molecular weight is 679 g/mol. The quantitative estimate of drug-likeness (QED) is 0.182. The first-order valence-corrected chi connectivity index (χ1v) is 17.9. The number of fused-ring (bicyclic) bond motifs is 7. The van der Waals surface area contributed by atoms with Gasteiger partial charge in [0.25, 0.3) is 0 Å². The fourth-order valence-corrected chi connectivity index (χ4v) is 7.82. The molecule has 0 spiro atoms. The molecule has 4 heteroatoms. The van der Waals surface area contributed by atoms with Crippen LogP contribution in [0.15, 0.2) is 191 Å². The molecule has 0 aliphatic heterocycles. The van der Waals surface area contributed by atoms with E-state index < -0.39 is 0 Å². The monoisotopic (exact) mass is 678 g/mol. The number of hydrogen-bond acceptors (Lipinski definition) is 4. The fourth-order valence-electron chi connectivity index (χ4n) is 7.82. The molecule has 248 valence electrons. The summed E-state index contributed by atoms with van der Waals surface area (Å²) in [5, 5.41) is 9.10. The van der Waals surface area contributed by atoms with Crippen LogP contribution in [0.1, 0.15) is 0 Å². The summed E-state index contributed by atoms with van der Waals surface area (Å²) >= 11 is 0. The highest BCUT2D eigenvalue weighted by atomic mass is 16.3. The van der Waals surface area contributed by atoms with Crippen molar-refractivity contribution in [2.24, 2.45) is 0 Å². The summed E-state index contributed by atoms with van der Waals surface area (Å²) < 4.78 is 13.0. The zero-order valence-electron chi connectivity index (χ0n) is 28.5. The molecule has 2 heterocycles. The molecule has 0 radical (unpaired) electrons. The maximum atomic E-state index is 6.62. The molecule has 4 nitrogen and oxygen atoms in total. The molecule has 0 aliphatic rings. The molecule has 2 aromatic heterocycles. The Hall–Kier alpha value is -7.17. The molecule has 0 fully saturated rings. The van der Waals surface area contributed by atoms with E-state index in [4.69, 9.17) is 13.8 Å². The van der Waals surface area contributed by atoms with Gasteiger partial charge in [0, 0.05) is 39.5 Å². The van der Waals surface area contributed by atoms with Crippen LogP contribution in [0, 0.1) is 0 Å². The van der Waals surface area contributed by atoms with E-state index in [1.807, 2.05) is 24.3 Å². The van der Waals surface area contributed by atoms with Gasteiger partial charge in [-0.3, -0.25) is 0 Å². The van der Waals surface area contributed by atoms with Crippen LogP contribution < -0.4 is 4.90 Å². The van der Waals surface area contributed by atoms with Gasteiger partial charge in [0.05, 0.1) is 0 Å². The van der Waals surface area contributed by atoms with Gasteiger partial charge in [-0.2, -0.15) is 0 Å². The summed E-state index contributed by atoms with van der Waals surface area (Å²) in [6.07, 6.45) is 0. The van der Waals surface area contributed by atoms with Gasteiger partial charge in [-0.05, 0) is 110 Å². The van der Waals surface area contributed by atoms with Gasteiger partial charge in [0.15, 0.2) is 5.58 Å². The van der Waals surface area contributed by atoms with Crippen molar-refractivity contribution in [3.63, 3.8) is 0 Å². The molecule has 53 heavy (non-hydrogen) atoms. The van der Waals surface area contributed by atoms with E-state index in [0.717, 1.165) is 72.0 Å². The molecule has 11 rings (SSSR count). The van der Waals surface area contributed by atoms with Crippen LogP contribution in [0.4, 0.5) is 17.1 Å². The SMILES string of the molecule is c1cc(-c2ccc3ccccc3c2)cc(N(c2ccc3ccccc3c2)c2ccc3c(c2)oc2cccc(-c4nc5cc6ccccc6cc5o4)c23)c1. The molecule has 0 saturated carbocycles. The highest BCUT2D eigenvalue weighted by molar-refractivity contribution is 6.13. The van der Waals surface area contributed by atoms with Gasteiger partial charge in [-0.1, -0.05) is 109 Å². The first kappa shape index (κ1) is 29.5. The number of anilines is 3. The Kier molecular flexibility index (Phi) is 6.52. The Labute approximate surface area is 304 Å². The molecule has 11 aromatic rings. The first-order chi connectivity index (χ1) is 26.2. The third-order valence-corrected chi connectivity index (χ3v) is 10.4. The van der Waals surface area contributed by atoms with Gasteiger partial charge >= 0.3 is 0 Å². The van der Waals surface area contributed by atoms with Gasteiger partial charge < -0.3 is 13.7 Å². The molecule has 0 bridgehead atoms. The van der Waals surface area contributed by atoms with Gasteiger partial charge in [0.1, 0.15) is 16.7 Å². The molecule has 0 saturated heterocycles. The molecular formula is C49H30N2O2. The Morgan fingerprint density at radius 1 is 0.377 bits per heavy atom. The van der Waals surface area contributed by atoms with Crippen molar-refractivity contribution in [2.45, 2.75) is 0 Å². The summed E-state index contributed by atoms with van der Waals surface area (Å²) in [5.41, 5.74) is 9.54. The summed E-state index contributed by atoms with van der Waals surface area (Å²) in [4.78, 5) is 7.27. The normalized spacial score (nSPS) is 11.8. The third-order valence-electron chi connectivity index (χ3n) is 10.4. The number of nitrogens with zero attached hydrogens (tertiary/aromatic N) is 2. The average Bonchev–Trinajstić information content (AvgIpc) is 3.80. The van der Waals surface area contributed by atoms with Crippen molar-refractivity contribution in [3.8, 4) is 22.6 Å². The van der Waals surface area contributed by atoms with E-state index in [2.05, 4.69) is 163 Å². The van der Waals surface area contributed by atoms with E-state index >= 15 is 0 Å².